The summed E-state index contributed by atoms with van der Waals surface area (Å²) < 4.78 is 14.6. The first-order chi connectivity index (χ1) is 21.0. The third kappa shape index (κ3) is 4.25. The summed E-state index contributed by atoms with van der Waals surface area (Å²) in [7, 11) is 0. The summed E-state index contributed by atoms with van der Waals surface area (Å²) in [6.07, 6.45) is 11.9. The standard InChI is InChI=1S/C36H58N2O6/c1-8-37-38-28(32-23(5)27-12-10-21(3)25-14-16-34(7)19-31(40-32)36(25,27)44-42-34)17-29-22(4)26-11-9-20(2)24-13-15-33(6)18-30(39-29)35(24,26)43-41-33/h20-27,29-32,37H,8-19H2,1-7H3/b38-28-/t20-,21-,22-,23-,24+,25+,26+,27+,29-,30-,31-,32+,33+,34+,35-,36-/m1/s1. The van der Waals surface area contributed by atoms with Crippen LogP contribution in [0.25, 0.3) is 0 Å². The van der Waals surface area contributed by atoms with Gasteiger partial charge in [0.25, 0.3) is 0 Å². The van der Waals surface area contributed by atoms with Gasteiger partial charge >= 0.3 is 0 Å². The Morgan fingerprint density at radius 1 is 0.682 bits per heavy atom. The maximum atomic E-state index is 7.30. The normalized spacial score (nSPS) is 58.0. The van der Waals surface area contributed by atoms with Gasteiger partial charge in [-0.2, -0.15) is 5.10 Å². The Balaban J connectivity index is 1.11. The Bertz CT molecular complexity index is 1150. The van der Waals surface area contributed by atoms with Gasteiger partial charge in [0.1, 0.15) is 28.5 Å². The van der Waals surface area contributed by atoms with Crippen molar-refractivity contribution in [2.24, 2.45) is 52.4 Å². The molecule has 0 radical (unpaired) electrons. The molecule has 4 saturated carbocycles. The van der Waals surface area contributed by atoms with E-state index in [1.165, 1.54) is 25.7 Å². The van der Waals surface area contributed by atoms with E-state index >= 15 is 0 Å². The van der Waals surface area contributed by atoms with Crippen molar-refractivity contribution in [1.82, 2.24) is 5.43 Å². The first-order valence-electron chi connectivity index (χ1n) is 18.4. The van der Waals surface area contributed by atoms with Crippen molar-refractivity contribution in [3.05, 3.63) is 0 Å². The molecule has 8 heteroatoms. The Morgan fingerprint density at radius 2 is 1.23 bits per heavy atom. The predicted molar refractivity (Wildman–Crippen MR) is 166 cm³/mol. The zero-order chi connectivity index (χ0) is 30.6. The molecular weight excluding hydrogens is 556 g/mol. The minimum Gasteiger partial charge on any atom is -0.371 e. The summed E-state index contributed by atoms with van der Waals surface area (Å²) >= 11 is 0. The van der Waals surface area contributed by atoms with Gasteiger partial charge in [-0.15, -0.1) is 0 Å². The third-order valence-electron chi connectivity index (χ3n) is 14.6. The average Bonchev–Trinajstić information content (AvgIpc) is 3.37. The molecule has 0 aromatic carbocycles. The van der Waals surface area contributed by atoms with E-state index in [2.05, 4.69) is 53.9 Å². The molecule has 6 saturated heterocycles. The second-order valence-electron chi connectivity index (χ2n) is 17.2. The minimum absolute atomic E-state index is 0.0196. The summed E-state index contributed by atoms with van der Waals surface area (Å²) in [5, 5.41) is 5.11. The van der Waals surface area contributed by atoms with E-state index in [4.69, 9.17) is 34.1 Å². The van der Waals surface area contributed by atoms with Crippen LogP contribution >= 0.6 is 0 Å². The van der Waals surface area contributed by atoms with Gasteiger partial charge in [0.15, 0.2) is 0 Å². The summed E-state index contributed by atoms with van der Waals surface area (Å²) in [6, 6.07) is 0. The van der Waals surface area contributed by atoms with Gasteiger partial charge in [0.05, 0.1) is 24.0 Å². The second kappa shape index (κ2) is 10.6. The number of nitrogens with one attached hydrogen (secondary N) is 1. The molecule has 0 amide bonds. The molecule has 6 heterocycles. The van der Waals surface area contributed by atoms with E-state index < -0.39 is 0 Å². The monoisotopic (exact) mass is 614 g/mol. The van der Waals surface area contributed by atoms with Crippen LogP contribution in [0.1, 0.15) is 119 Å². The van der Waals surface area contributed by atoms with Gasteiger partial charge in [-0.3, -0.25) is 0 Å². The highest BCUT2D eigenvalue weighted by Crippen LogP contribution is 2.63. The van der Waals surface area contributed by atoms with Gasteiger partial charge in [0, 0.05) is 25.8 Å². The summed E-state index contributed by atoms with van der Waals surface area (Å²) in [6.45, 7) is 17.0. The van der Waals surface area contributed by atoms with Crippen molar-refractivity contribution in [3.63, 3.8) is 0 Å². The van der Waals surface area contributed by atoms with Crippen molar-refractivity contribution in [2.75, 3.05) is 6.54 Å². The lowest BCUT2D eigenvalue weighted by Gasteiger charge is -2.62. The fourth-order valence-corrected chi connectivity index (χ4v) is 12.2. The van der Waals surface area contributed by atoms with Gasteiger partial charge in [-0.05, 0) is 119 Å². The minimum atomic E-state index is -0.353. The fraction of sp³-hybridized carbons (Fsp3) is 0.972. The van der Waals surface area contributed by atoms with Crippen molar-refractivity contribution < 1.29 is 29.0 Å². The first-order valence-corrected chi connectivity index (χ1v) is 18.4. The highest BCUT2D eigenvalue weighted by atomic mass is 17.2. The number of fused-ring (bicyclic) bond motifs is 4. The quantitative estimate of drug-likeness (QED) is 0.208. The predicted octanol–water partition coefficient (Wildman–Crippen LogP) is 6.76. The molecule has 248 valence electrons. The number of hydrogen-bond donors (Lipinski definition) is 1. The molecule has 0 unspecified atom stereocenters. The second-order valence-corrected chi connectivity index (χ2v) is 17.2. The Hall–Kier alpha value is -0.770. The molecule has 4 aliphatic carbocycles. The highest BCUT2D eigenvalue weighted by Gasteiger charge is 2.70. The van der Waals surface area contributed by atoms with E-state index in [1.807, 2.05) is 0 Å². The molecule has 8 nitrogen and oxygen atoms in total. The maximum absolute atomic E-state index is 7.30. The highest BCUT2D eigenvalue weighted by molar-refractivity contribution is 5.89. The Kier molecular flexibility index (Phi) is 7.37. The van der Waals surface area contributed by atoms with E-state index in [0.717, 1.165) is 57.2 Å². The van der Waals surface area contributed by atoms with E-state index in [-0.39, 0.29) is 52.7 Å². The van der Waals surface area contributed by atoms with Crippen LogP contribution in [-0.2, 0) is 29.0 Å². The fourth-order valence-electron chi connectivity index (χ4n) is 12.2. The number of hydrazone groups is 1. The van der Waals surface area contributed by atoms with Crippen LogP contribution in [0, 0.1) is 47.3 Å². The van der Waals surface area contributed by atoms with Gasteiger partial charge in [0.2, 0.25) is 0 Å². The zero-order valence-corrected chi connectivity index (χ0v) is 28.3. The maximum Gasteiger partial charge on any atom is 0.136 e. The van der Waals surface area contributed by atoms with E-state index in [1.54, 1.807) is 0 Å². The summed E-state index contributed by atoms with van der Waals surface area (Å²) in [4.78, 5) is 25.7. The molecule has 4 bridgehead atoms. The molecule has 10 rings (SSSR count). The SMILES string of the molecule is CCN/N=C(/C[C@H]1O[C@@H]2C[C@]3(C)CC[C@H]4[C@H](C)CC[C@@H]([C@H]1C)[C@@]24OO3)[C@H]1O[C@@H]2C[C@]3(C)CC[C@H]4[C@H](C)CC[C@@H]([C@H]1C)[C@@]24OO3. The molecule has 44 heavy (non-hydrogen) atoms. The van der Waals surface area contributed by atoms with Crippen LogP contribution < -0.4 is 5.43 Å². The zero-order valence-electron chi connectivity index (χ0n) is 28.3. The molecule has 2 spiro atoms. The van der Waals surface area contributed by atoms with Crippen molar-refractivity contribution in [3.8, 4) is 0 Å². The molecule has 10 aliphatic rings. The molecule has 6 aliphatic heterocycles. The van der Waals surface area contributed by atoms with Gasteiger partial charge < -0.3 is 14.9 Å². The van der Waals surface area contributed by atoms with E-state index in [0.29, 0.717) is 41.4 Å². The lowest BCUT2D eigenvalue weighted by Crippen LogP contribution is -2.71. The third-order valence-corrected chi connectivity index (χ3v) is 14.6. The van der Waals surface area contributed by atoms with Gasteiger partial charge in [-0.25, -0.2) is 19.6 Å². The van der Waals surface area contributed by atoms with Crippen LogP contribution in [0.4, 0.5) is 0 Å². The molecular formula is C36H58N2O6. The summed E-state index contributed by atoms with van der Waals surface area (Å²) in [5.74, 6) is 3.64. The lowest BCUT2D eigenvalue weighted by atomic mass is 9.55. The Morgan fingerprint density at radius 3 is 1.80 bits per heavy atom. The van der Waals surface area contributed by atoms with Gasteiger partial charge in [-0.1, -0.05) is 27.7 Å². The molecule has 1 N–H and O–H groups in total. The Labute approximate surface area is 264 Å². The topological polar surface area (TPSA) is 79.8 Å². The number of hydrogen-bond acceptors (Lipinski definition) is 8. The van der Waals surface area contributed by atoms with Crippen molar-refractivity contribution in [2.45, 2.75) is 166 Å². The number of ether oxygens (including phenoxy) is 2. The molecule has 0 aromatic heterocycles. The number of rotatable bonds is 5. The lowest BCUT2D eigenvalue weighted by molar-refractivity contribution is -0.487. The molecule has 0 aromatic rings. The van der Waals surface area contributed by atoms with Crippen LogP contribution in [0.3, 0.4) is 0 Å². The summed E-state index contributed by atoms with van der Waals surface area (Å²) in [5.41, 5.74) is 3.23. The first kappa shape index (κ1) is 30.6. The van der Waals surface area contributed by atoms with Crippen LogP contribution in [0.15, 0.2) is 5.10 Å². The molecule has 16 atom stereocenters. The molecule has 10 fully saturated rings. The average molecular weight is 615 g/mol. The number of nitrogens with zero attached hydrogens (tertiary/aromatic N) is 1. The smallest absolute Gasteiger partial charge is 0.136 e. The van der Waals surface area contributed by atoms with Crippen molar-refractivity contribution >= 4 is 5.71 Å². The largest absolute Gasteiger partial charge is 0.371 e. The van der Waals surface area contributed by atoms with Crippen LogP contribution in [0.2, 0.25) is 0 Å². The van der Waals surface area contributed by atoms with Crippen molar-refractivity contribution in [1.29, 1.82) is 0 Å². The van der Waals surface area contributed by atoms with Crippen LogP contribution in [0.5, 0.6) is 0 Å². The van der Waals surface area contributed by atoms with E-state index in [9.17, 15) is 0 Å². The van der Waals surface area contributed by atoms with Crippen LogP contribution in [-0.4, -0.2) is 59.1 Å².